The first kappa shape index (κ1) is 11.0. The van der Waals surface area contributed by atoms with Gasteiger partial charge in [-0.1, -0.05) is 11.6 Å². The molecule has 0 spiro atoms. The van der Waals surface area contributed by atoms with E-state index in [2.05, 4.69) is 15.3 Å². The second-order valence-corrected chi connectivity index (χ2v) is 3.61. The van der Waals surface area contributed by atoms with Gasteiger partial charge in [0, 0.05) is 18.9 Å². The fraction of sp³-hybridized carbons (Fsp3) is 0.300. The summed E-state index contributed by atoms with van der Waals surface area (Å²) in [4.78, 5) is 0. The summed E-state index contributed by atoms with van der Waals surface area (Å²) in [6, 6.07) is 3.52. The van der Waals surface area contributed by atoms with Gasteiger partial charge in [-0.15, -0.1) is 10.2 Å². The minimum absolute atomic E-state index is 0.385. The molecule has 0 aliphatic heterocycles. The predicted octanol–water partition coefficient (Wildman–Crippen LogP) is 1.64. The van der Waals surface area contributed by atoms with Crippen LogP contribution in [0.15, 0.2) is 24.5 Å². The molecule has 2 heterocycles. The molecule has 2 rings (SSSR count). The lowest BCUT2D eigenvalue weighted by Crippen LogP contribution is -2.03. The second-order valence-electron chi connectivity index (χ2n) is 3.23. The second kappa shape index (κ2) is 5.05. The van der Waals surface area contributed by atoms with Crippen LogP contribution in [0.4, 0.5) is 0 Å². The van der Waals surface area contributed by atoms with Crippen LogP contribution in [0, 0.1) is 0 Å². The maximum absolute atomic E-state index is 5.66. The fourth-order valence-electron chi connectivity index (χ4n) is 1.27. The van der Waals surface area contributed by atoms with Crippen LogP contribution in [-0.2, 0) is 11.3 Å². The topological polar surface area (TPSA) is 52.8 Å². The summed E-state index contributed by atoms with van der Waals surface area (Å²) >= 11 is 5.66. The van der Waals surface area contributed by atoms with Crippen LogP contribution in [0.5, 0.6) is 0 Å². The summed E-state index contributed by atoms with van der Waals surface area (Å²) in [7, 11) is 1.66. The monoisotopic (exact) mass is 238 g/mol. The predicted molar refractivity (Wildman–Crippen MR) is 60.1 cm³/mol. The van der Waals surface area contributed by atoms with E-state index >= 15 is 0 Å². The smallest absolute Gasteiger partial charge is 0.151 e. The molecule has 6 heteroatoms. The number of methoxy groups -OCH3 is 1. The Kier molecular flexibility index (Phi) is 3.48. The van der Waals surface area contributed by atoms with Crippen LogP contribution in [0.3, 0.4) is 0 Å². The lowest BCUT2D eigenvalue weighted by molar-refractivity contribution is 0.183. The molecule has 0 aliphatic carbocycles. The van der Waals surface area contributed by atoms with Crippen LogP contribution < -0.4 is 0 Å². The highest BCUT2D eigenvalue weighted by Crippen LogP contribution is 2.15. The van der Waals surface area contributed by atoms with Gasteiger partial charge in [0.2, 0.25) is 0 Å². The molecule has 0 saturated heterocycles. The van der Waals surface area contributed by atoms with Gasteiger partial charge >= 0.3 is 0 Å². The molecule has 16 heavy (non-hydrogen) atoms. The van der Waals surface area contributed by atoms with Crippen molar-refractivity contribution in [3.63, 3.8) is 0 Å². The average Bonchev–Trinajstić information content (AvgIpc) is 2.76. The summed E-state index contributed by atoms with van der Waals surface area (Å²) < 4.78 is 6.77. The van der Waals surface area contributed by atoms with Crippen LogP contribution in [0.25, 0.3) is 11.3 Å². The van der Waals surface area contributed by atoms with Gasteiger partial charge in [-0.05, 0) is 12.1 Å². The molecule has 2 aromatic rings. The maximum atomic E-state index is 5.66. The van der Waals surface area contributed by atoms with Gasteiger partial charge in [0.25, 0.3) is 0 Å². The van der Waals surface area contributed by atoms with Crippen molar-refractivity contribution in [3.8, 4) is 11.3 Å². The Labute approximate surface area is 98.0 Å². The molecule has 0 N–H and O–H groups in total. The third kappa shape index (κ3) is 2.56. The van der Waals surface area contributed by atoms with E-state index in [1.165, 1.54) is 0 Å². The Balaban J connectivity index is 2.15. The maximum Gasteiger partial charge on any atom is 0.151 e. The van der Waals surface area contributed by atoms with Crippen molar-refractivity contribution in [1.82, 2.24) is 20.0 Å². The summed E-state index contributed by atoms with van der Waals surface area (Å²) in [6.07, 6.45) is 3.64. The molecule has 0 unspecified atom stereocenters. The quantitative estimate of drug-likeness (QED) is 0.813. The van der Waals surface area contributed by atoms with E-state index in [0.29, 0.717) is 11.8 Å². The fourth-order valence-corrected chi connectivity index (χ4v) is 1.37. The molecule has 0 fully saturated rings. The van der Waals surface area contributed by atoms with E-state index in [1.54, 1.807) is 24.1 Å². The normalized spacial score (nSPS) is 10.6. The molecule has 0 saturated carbocycles. The lowest BCUT2D eigenvalue weighted by Gasteiger charge is -1.98. The first-order valence-corrected chi connectivity index (χ1v) is 5.18. The van der Waals surface area contributed by atoms with Crippen molar-refractivity contribution < 1.29 is 4.74 Å². The third-order valence-corrected chi connectivity index (χ3v) is 2.29. The number of rotatable bonds is 4. The standard InChI is InChI=1S/C10H11ClN4O/c1-16-5-4-15-7-8(6-12-15)9-2-3-10(11)14-13-9/h2-3,6-7H,4-5H2,1H3. The van der Waals surface area contributed by atoms with Crippen LogP contribution in [0.2, 0.25) is 5.15 Å². The van der Waals surface area contributed by atoms with E-state index in [0.717, 1.165) is 17.8 Å². The highest BCUT2D eigenvalue weighted by molar-refractivity contribution is 6.29. The minimum atomic E-state index is 0.385. The van der Waals surface area contributed by atoms with Crippen molar-refractivity contribution in [2.45, 2.75) is 6.54 Å². The number of halogens is 1. The molecule has 5 nitrogen and oxygen atoms in total. The lowest BCUT2D eigenvalue weighted by atomic mass is 10.2. The van der Waals surface area contributed by atoms with Crippen molar-refractivity contribution in [3.05, 3.63) is 29.7 Å². The van der Waals surface area contributed by atoms with Gasteiger partial charge in [-0.2, -0.15) is 5.10 Å². The van der Waals surface area contributed by atoms with E-state index < -0.39 is 0 Å². The zero-order valence-electron chi connectivity index (χ0n) is 8.80. The van der Waals surface area contributed by atoms with Gasteiger partial charge in [-0.25, -0.2) is 0 Å². The molecule has 0 radical (unpaired) electrons. The Morgan fingerprint density at radius 3 is 2.94 bits per heavy atom. The van der Waals surface area contributed by atoms with Crippen molar-refractivity contribution in [2.75, 3.05) is 13.7 Å². The summed E-state index contributed by atoms with van der Waals surface area (Å²) in [5.41, 5.74) is 1.67. The summed E-state index contributed by atoms with van der Waals surface area (Å²) in [5.74, 6) is 0. The molecule has 0 amide bonds. The summed E-state index contributed by atoms with van der Waals surface area (Å²) in [6.45, 7) is 1.35. The zero-order chi connectivity index (χ0) is 11.4. The first-order valence-electron chi connectivity index (χ1n) is 4.80. The van der Waals surface area contributed by atoms with Crippen LogP contribution >= 0.6 is 11.6 Å². The Hall–Kier alpha value is -1.46. The van der Waals surface area contributed by atoms with Crippen molar-refractivity contribution in [2.24, 2.45) is 0 Å². The molecule has 84 valence electrons. The van der Waals surface area contributed by atoms with Gasteiger partial charge < -0.3 is 4.74 Å². The first-order chi connectivity index (χ1) is 7.79. The van der Waals surface area contributed by atoms with Gasteiger partial charge in [0.05, 0.1) is 25.0 Å². The molecular formula is C10H11ClN4O. The SMILES string of the molecule is COCCn1cc(-c2ccc(Cl)nn2)cn1. The molecule has 2 aromatic heterocycles. The zero-order valence-corrected chi connectivity index (χ0v) is 9.55. The van der Waals surface area contributed by atoms with E-state index in [1.807, 2.05) is 12.3 Å². The van der Waals surface area contributed by atoms with Gasteiger partial charge in [-0.3, -0.25) is 4.68 Å². The van der Waals surface area contributed by atoms with E-state index in [4.69, 9.17) is 16.3 Å². The number of ether oxygens (including phenoxy) is 1. The van der Waals surface area contributed by atoms with Crippen molar-refractivity contribution >= 4 is 11.6 Å². The number of hydrogen-bond acceptors (Lipinski definition) is 4. The molecule has 0 aliphatic rings. The largest absolute Gasteiger partial charge is 0.383 e. The summed E-state index contributed by atoms with van der Waals surface area (Å²) in [5, 5.41) is 12.3. The molecule has 0 bridgehead atoms. The van der Waals surface area contributed by atoms with E-state index in [9.17, 15) is 0 Å². The third-order valence-electron chi connectivity index (χ3n) is 2.09. The molecule has 0 aromatic carbocycles. The highest BCUT2D eigenvalue weighted by Gasteiger charge is 2.03. The van der Waals surface area contributed by atoms with E-state index in [-0.39, 0.29) is 0 Å². The van der Waals surface area contributed by atoms with Crippen LogP contribution in [-0.4, -0.2) is 33.7 Å². The molecule has 0 atom stereocenters. The molecular weight excluding hydrogens is 228 g/mol. The minimum Gasteiger partial charge on any atom is -0.383 e. The van der Waals surface area contributed by atoms with Gasteiger partial charge in [0.15, 0.2) is 5.15 Å². The number of aromatic nitrogens is 4. The van der Waals surface area contributed by atoms with Crippen LogP contribution in [0.1, 0.15) is 0 Å². The number of nitrogens with zero attached hydrogens (tertiary/aromatic N) is 4. The highest BCUT2D eigenvalue weighted by atomic mass is 35.5. The Morgan fingerprint density at radius 2 is 2.25 bits per heavy atom. The van der Waals surface area contributed by atoms with Crippen molar-refractivity contribution in [1.29, 1.82) is 0 Å². The Morgan fingerprint density at radius 1 is 1.38 bits per heavy atom. The van der Waals surface area contributed by atoms with Gasteiger partial charge in [0.1, 0.15) is 0 Å². The average molecular weight is 239 g/mol. The Bertz CT molecular complexity index is 454. The number of hydrogen-bond donors (Lipinski definition) is 0.